The first-order valence-corrected chi connectivity index (χ1v) is 8.38. The molecule has 5 nitrogen and oxygen atoms in total. The van der Waals surface area contributed by atoms with E-state index in [-0.39, 0.29) is 11.9 Å². The Morgan fingerprint density at radius 3 is 2.95 bits per heavy atom. The predicted octanol–water partition coefficient (Wildman–Crippen LogP) is 3.61. The zero-order valence-corrected chi connectivity index (χ0v) is 14.3. The average Bonchev–Trinajstić information content (AvgIpc) is 3.00. The Morgan fingerprint density at radius 2 is 2.29 bits per heavy atom. The second-order valence-electron chi connectivity index (χ2n) is 4.54. The maximum absolute atomic E-state index is 12.5. The van der Waals surface area contributed by atoms with Crippen LogP contribution in [0.1, 0.15) is 41.7 Å². The van der Waals surface area contributed by atoms with Crippen molar-refractivity contribution in [3.63, 3.8) is 0 Å². The fourth-order valence-electron chi connectivity index (χ4n) is 1.78. The normalized spacial score (nSPS) is 12.0. The van der Waals surface area contributed by atoms with Crippen molar-refractivity contribution in [2.75, 3.05) is 11.9 Å². The summed E-state index contributed by atoms with van der Waals surface area (Å²) < 4.78 is 0.775. The van der Waals surface area contributed by atoms with Gasteiger partial charge >= 0.3 is 0 Å². The first kappa shape index (κ1) is 15.9. The van der Waals surface area contributed by atoms with Crippen molar-refractivity contribution in [3.8, 4) is 0 Å². The van der Waals surface area contributed by atoms with Crippen LogP contribution >= 0.6 is 27.3 Å². The summed E-state index contributed by atoms with van der Waals surface area (Å²) in [7, 11) is 0. The van der Waals surface area contributed by atoms with Crippen LogP contribution in [0, 0.1) is 0 Å². The molecule has 0 saturated heterocycles. The highest BCUT2D eigenvalue weighted by Crippen LogP contribution is 2.20. The number of halogens is 1. The van der Waals surface area contributed by atoms with Crippen LogP contribution in [0.5, 0.6) is 0 Å². The van der Waals surface area contributed by atoms with Gasteiger partial charge in [0.15, 0.2) is 0 Å². The van der Waals surface area contributed by atoms with Crippen LogP contribution in [0.15, 0.2) is 28.3 Å². The van der Waals surface area contributed by atoms with Crippen LogP contribution < -0.4 is 10.6 Å². The van der Waals surface area contributed by atoms with E-state index in [1.165, 1.54) is 11.3 Å². The number of nitrogens with zero attached hydrogens (tertiary/aromatic N) is 2. The lowest BCUT2D eigenvalue weighted by molar-refractivity contribution is 0.0940. The van der Waals surface area contributed by atoms with E-state index >= 15 is 0 Å². The van der Waals surface area contributed by atoms with Gasteiger partial charge in [0.1, 0.15) is 10.8 Å². The van der Waals surface area contributed by atoms with Gasteiger partial charge in [0, 0.05) is 28.8 Å². The summed E-state index contributed by atoms with van der Waals surface area (Å²) in [5.41, 5.74) is 0.529. The van der Waals surface area contributed by atoms with E-state index in [9.17, 15) is 4.79 Å². The number of hydrogen-bond acceptors (Lipinski definition) is 5. The maximum Gasteiger partial charge on any atom is 0.255 e. The highest BCUT2D eigenvalue weighted by atomic mass is 79.9. The van der Waals surface area contributed by atoms with E-state index in [1.54, 1.807) is 18.5 Å². The van der Waals surface area contributed by atoms with Gasteiger partial charge in [-0.3, -0.25) is 4.79 Å². The van der Waals surface area contributed by atoms with E-state index < -0.39 is 0 Å². The molecule has 0 bridgehead atoms. The molecule has 0 aliphatic heterocycles. The summed E-state index contributed by atoms with van der Waals surface area (Å²) in [5.74, 6) is 0.439. The number of anilines is 1. The van der Waals surface area contributed by atoms with Crippen LogP contribution in [-0.4, -0.2) is 22.4 Å². The Kier molecular flexibility index (Phi) is 5.69. The molecule has 7 heteroatoms. The molecule has 21 heavy (non-hydrogen) atoms. The highest BCUT2D eigenvalue weighted by Gasteiger charge is 2.17. The minimum Gasteiger partial charge on any atom is -0.369 e. The van der Waals surface area contributed by atoms with Gasteiger partial charge in [-0.1, -0.05) is 6.92 Å². The highest BCUT2D eigenvalue weighted by molar-refractivity contribution is 9.10. The van der Waals surface area contributed by atoms with Gasteiger partial charge in [-0.05, 0) is 35.3 Å². The third-order valence-electron chi connectivity index (χ3n) is 2.81. The first-order valence-electron chi connectivity index (χ1n) is 6.71. The summed E-state index contributed by atoms with van der Waals surface area (Å²) in [6.07, 6.45) is 4.38. The number of aromatic nitrogens is 2. The van der Waals surface area contributed by atoms with Crippen molar-refractivity contribution in [2.24, 2.45) is 0 Å². The molecular weight excluding hydrogens is 352 g/mol. The SMILES string of the molecule is CCCNc1ncc(Br)cc1C(=O)NC(C)c1nccs1. The third kappa shape index (κ3) is 4.25. The molecule has 2 N–H and O–H groups in total. The van der Waals surface area contributed by atoms with Crippen molar-refractivity contribution in [3.05, 3.63) is 38.9 Å². The predicted molar refractivity (Wildman–Crippen MR) is 88.7 cm³/mol. The topological polar surface area (TPSA) is 66.9 Å². The number of nitrogens with one attached hydrogen (secondary N) is 2. The van der Waals surface area contributed by atoms with Gasteiger partial charge in [-0.15, -0.1) is 11.3 Å². The molecule has 0 spiro atoms. The molecule has 1 unspecified atom stereocenters. The summed E-state index contributed by atoms with van der Waals surface area (Å²) in [6, 6.07) is 1.64. The van der Waals surface area contributed by atoms with Crippen LogP contribution in [0.25, 0.3) is 0 Å². The van der Waals surface area contributed by atoms with Crippen molar-refractivity contribution >= 4 is 39.0 Å². The lowest BCUT2D eigenvalue weighted by Gasteiger charge is -2.14. The van der Waals surface area contributed by atoms with E-state index in [2.05, 4.69) is 43.5 Å². The zero-order chi connectivity index (χ0) is 15.2. The molecule has 2 heterocycles. The van der Waals surface area contributed by atoms with Crippen molar-refractivity contribution < 1.29 is 4.79 Å². The molecule has 0 radical (unpaired) electrons. The summed E-state index contributed by atoms with van der Waals surface area (Å²) in [4.78, 5) is 20.9. The number of carbonyl (C=O) groups excluding carboxylic acids is 1. The van der Waals surface area contributed by atoms with Crippen LogP contribution in [0.2, 0.25) is 0 Å². The minimum atomic E-state index is -0.162. The fraction of sp³-hybridized carbons (Fsp3) is 0.357. The molecule has 0 aliphatic rings. The Bertz CT molecular complexity index is 603. The number of carbonyl (C=O) groups is 1. The van der Waals surface area contributed by atoms with Gasteiger partial charge in [-0.2, -0.15) is 0 Å². The third-order valence-corrected chi connectivity index (χ3v) is 4.20. The second kappa shape index (κ2) is 7.51. The number of amides is 1. The van der Waals surface area contributed by atoms with Crippen LogP contribution in [0.3, 0.4) is 0 Å². The van der Waals surface area contributed by atoms with Crippen molar-refractivity contribution in [2.45, 2.75) is 26.3 Å². The van der Waals surface area contributed by atoms with Crippen LogP contribution in [-0.2, 0) is 0 Å². The smallest absolute Gasteiger partial charge is 0.255 e. The molecular formula is C14H17BrN4OS. The standard InChI is InChI=1S/C14H17BrN4OS/c1-3-4-16-12-11(7-10(15)8-18-12)13(20)19-9(2)14-17-5-6-21-14/h5-9H,3-4H2,1-2H3,(H,16,18)(H,19,20). The quantitative estimate of drug-likeness (QED) is 0.816. The Morgan fingerprint density at radius 1 is 1.48 bits per heavy atom. The van der Waals surface area contributed by atoms with E-state index in [0.717, 1.165) is 22.4 Å². The molecule has 1 atom stereocenters. The van der Waals surface area contributed by atoms with Gasteiger partial charge in [-0.25, -0.2) is 9.97 Å². The van der Waals surface area contributed by atoms with Gasteiger partial charge < -0.3 is 10.6 Å². The number of pyridine rings is 1. The molecule has 0 aliphatic carbocycles. The van der Waals surface area contributed by atoms with E-state index in [4.69, 9.17) is 0 Å². The van der Waals surface area contributed by atoms with E-state index in [1.807, 2.05) is 12.3 Å². The molecule has 2 aromatic heterocycles. The van der Waals surface area contributed by atoms with Gasteiger partial charge in [0.05, 0.1) is 11.6 Å². The summed E-state index contributed by atoms with van der Waals surface area (Å²) in [6.45, 7) is 4.76. The molecule has 112 valence electrons. The number of hydrogen-bond donors (Lipinski definition) is 2. The van der Waals surface area contributed by atoms with Crippen LogP contribution in [0.4, 0.5) is 5.82 Å². The van der Waals surface area contributed by atoms with Crippen molar-refractivity contribution in [1.82, 2.24) is 15.3 Å². The average molecular weight is 369 g/mol. The van der Waals surface area contributed by atoms with E-state index in [0.29, 0.717) is 11.4 Å². The Balaban J connectivity index is 2.15. The zero-order valence-electron chi connectivity index (χ0n) is 11.9. The van der Waals surface area contributed by atoms with Gasteiger partial charge in [0.2, 0.25) is 0 Å². The Labute approximate surface area is 136 Å². The molecule has 2 aromatic rings. The summed E-state index contributed by atoms with van der Waals surface area (Å²) in [5, 5.41) is 8.90. The lowest BCUT2D eigenvalue weighted by Crippen LogP contribution is -2.27. The summed E-state index contributed by atoms with van der Waals surface area (Å²) >= 11 is 4.88. The molecule has 0 fully saturated rings. The lowest BCUT2D eigenvalue weighted by atomic mass is 10.2. The largest absolute Gasteiger partial charge is 0.369 e. The number of rotatable bonds is 6. The molecule has 1 amide bonds. The molecule has 0 aromatic carbocycles. The molecule has 0 saturated carbocycles. The minimum absolute atomic E-state index is 0.129. The van der Waals surface area contributed by atoms with Crippen molar-refractivity contribution in [1.29, 1.82) is 0 Å². The van der Waals surface area contributed by atoms with Gasteiger partial charge in [0.25, 0.3) is 5.91 Å². The fourth-order valence-corrected chi connectivity index (χ4v) is 2.76. The Hall–Kier alpha value is -1.47. The monoisotopic (exact) mass is 368 g/mol. The second-order valence-corrected chi connectivity index (χ2v) is 6.38. The first-order chi connectivity index (χ1) is 10.1. The maximum atomic E-state index is 12.5. The number of thiazole rings is 1. The molecule has 2 rings (SSSR count).